The van der Waals surface area contributed by atoms with Crippen molar-refractivity contribution in [1.29, 1.82) is 0 Å². The first-order chi connectivity index (χ1) is 13.0. The Morgan fingerprint density at radius 1 is 1.11 bits per heavy atom. The molecule has 1 saturated heterocycles. The van der Waals surface area contributed by atoms with Crippen molar-refractivity contribution in [3.05, 3.63) is 47.5 Å². The summed E-state index contributed by atoms with van der Waals surface area (Å²) in [6.07, 6.45) is 3.94. The highest BCUT2D eigenvalue weighted by molar-refractivity contribution is 6.30. The molecular formula is C20H28ClN5O. The number of hydrogen-bond donors (Lipinski definition) is 1. The lowest BCUT2D eigenvalue weighted by Gasteiger charge is -2.34. The highest BCUT2D eigenvalue weighted by atomic mass is 35.5. The first-order valence-corrected chi connectivity index (χ1v) is 9.90. The molecule has 1 aromatic carbocycles. The fraction of sp³-hybridized carbons (Fsp3) is 0.500. The third kappa shape index (κ3) is 5.79. The van der Waals surface area contributed by atoms with Gasteiger partial charge in [0, 0.05) is 68.3 Å². The maximum atomic E-state index is 12.2. The van der Waals surface area contributed by atoms with E-state index in [1.807, 2.05) is 18.3 Å². The topological polar surface area (TPSA) is 53.4 Å². The number of nitrogens with zero attached hydrogens (tertiary/aromatic N) is 4. The van der Waals surface area contributed by atoms with Gasteiger partial charge in [-0.1, -0.05) is 25.4 Å². The summed E-state index contributed by atoms with van der Waals surface area (Å²) in [5.41, 5.74) is 0.782. The molecule has 6 nitrogen and oxygen atoms in total. The molecule has 0 saturated carbocycles. The third-order valence-corrected chi connectivity index (χ3v) is 5.13. The lowest BCUT2D eigenvalue weighted by Crippen LogP contribution is -2.49. The van der Waals surface area contributed by atoms with E-state index in [-0.39, 0.29) is 5.91 Å². The molecule has 0 atom stereocenters. The van der Waals surface area contributed by atoms with Crippen molar-refractivity contribution in [2.45, 2.75) is 26.3 Å². The molecule has 2 heterocycles. The van der Waals surface area contributed by atoms with Gasteiger partial charge >= 0.3 is 0 Å². The molecule has 0 radical (unpaired) electrons. The summed E-state index contributed by atoms with van der Waals surface area (Å²) in [4.78, 5) is 21.3. The fourth-order valence-electron chi connectivity index (χ4n) is 3.37. The van der Waals surface area contributed by atoms with Gasteiger partial charge in [0.15, 0.2) is 0 Å². The van der Waals surface area contributed by atoms with Crippen LogP contribution in [-0.2, 0) is 11.3 Å². The van der Waals surface area contributed by atoms with Gasteiger partial charge in [0.1, 0.15) is 5.82 Å². The van der Waals surface area contributed by atoms with Crippen LogP contribution in [0.4, 0.5) is 5.69 Å². The number of aromatic nitrogens is 2. The number of nitrogens with one attached hydrogen (secondary N) is 1. The Labute approximate surface area is 166 Å². The zero-order valence-electron chi connectivity index (χ0n) is 16.1. The van der Waals surface area contributed by atoms with Gasteiger partial charge < -0.3 is 9.88 Å². The number of piperazine rings is 1. The highest BCUT2D eigenvalue weighted by Gasteiger charge is 2.19. The second kappa shape index (κ2) is 9.35. The van der Waals surface area contributed by atoms with Crippen LogP contribution in [0, 0.1) is 0 Å². The molecule has 146 valence electrons. The van der Waals surface area contributed by atoms with Crippen LogP contribution in [0.15, 0.2) is 36.7 Å². The number of benzene rings is 1. The van der Waals surface area contributed by atoms with Crippen molar-refractivity contribution in [2.24, 2.45) is 0 Å². The zero-order chi connectivity index (χ0) is 19.2. The number of amides is 1. The third-order valence-electron chi connectivity index (χ3n) is 4.88. The van der Waals surface area contributed by atoms with Crippen molar-refractivity contribution in [3.8, 4) is 0 Å². The zero-order valence-corrected chi connectivity index (χ0v) is 16.8. The van der Waals surface area contributed by atoms with Crippen LogP contribution in [0.2, 0.25) is 5.02 Å². The molecule has 1 aliphatic rings. The van der Waals surface area contributed by atoms with Crippen molar-refractivity contribution >= 4 is 23.2 Å². The molecule has 0 unspecified atom stereocenters. The minimum Gasteiger partial charge on any atom is -0.333 e. The van der Waals surface area contributed by atoms with Gasteiger partial charge in [0.25, 0.3) is 0 Å². The summed E-state index contributed by atoms with van der Waals surface area (Å²) >= 11 is 5.87. The maximum absolute atomic E-state index is 12.2. The summed E-state index contributed by atoms with van der Waals surface area (Å²) in [5, 5.41) is 3.59. The largest absolute Gasteiger partial charge is 0.333 e. The van der Waals surface area contributed by atoms with E-state index in [0.717, 1.165) is 50.8 Å². The fourth-order valence-corrected chi connectivity index (χ4v) is 3.49. The average molecular weight is 390 g/mol. The first-order valence-electron chi connectivity index (χ1n) is 9.52. The maximum Gasteiger partial charge on any atom is 0.238 e. The Balaban J connectivity index is 1.39. The number of carbonyl (C=O) groups is 1. The van der Waals surface area contributed by atoms with Crippen LogP contribution >= 0.6 is 11.6 Å². The van der Waals surface area contributed by atoms with Crippen molar-refractivity contribution in [3.63, 3.8) is 0 Å². The molecule has 1 amide bonds. The Morgan fingerprint density at radius 2 is 1.78 bits per heavy atom. The molecule has 0 spiro atoms. The van der Waals surface area contributed by atoms with Crippen molar-refractivity contribution in [2.75, 3.05) is 44.6 Å². The van der Waals surface area contributed by atoms with E-state index >= 15 is 0 Å². The van der Waals surface area contributed by atoms with Gasteiger partial charge in [-0.05, 0) is 24.3 Å². The van der Waals surface area contributed by atoms with Gasteiger partial charge in [0.05, 0.1) is 6.54 Å². The number of anilines is 1. The van der Waals surface area contributed by atoms with Crippen LogP contribution in [0.5, 0.6) is 0 Å². The van der Waals surface area contributed by atoms with Gasteiger partial charge in [-0.15, -0.1) is 0 Å². The van der Waals surface area contributed by atoms with E-state index in [0.29, 0.717) is 17.5 Å². The molecule has 3 rings (SSSR count). The summed E-state index contributed by atoms with van der Waals surface area (Å²) in [5.74, 6) is 1.61. The minimum absolute atomic E-state index is 0.0192. The molecule has 1 N–H and O–H groups in total. The van der Waals surface area contributed by atoms with Gasteiger partial charge in [-0.3, -0.25) is 14.6 Å². The van der Waals surface area contributed by atoms with Crippen LogP contribution < -0.4 is 5.32 Å². The monoisotopic (exact) mass is 389 g/mol. The average Bonchev–Trinajstić information content (AvgIpc) is 3.12. The van der Waals surface area contributed by atoms with Gasteiger partial charge in [-0.25, -0.2) is 4.98 Å². The normalized spacial score (nSPS) is 16.0. The number of carbonyl (C=O) groups excluding carboxylic acids is 1. The summed E-state index contributed by atoms with van der Waals surface area (Å²) in [6.45, 7) is 10.5. The summed E-state index contributed by atoms with van der Waals surface area (Å²) in [7, 11) is 0. The Hall–Kier alpha value is -1.89. The Kier molecular flexibility index (Phi) is 6.88. The number of halogens is 1. The molecule has 1 aliphatic heterocycles. The highest BCUT2D eigenvalue weighted by Crippen LogP contribution is 2.14. The minimum atomic E-state index is 0.0192. The van der Waals surface area contributed by atoms with E-state index in [9.17, 15) is 4.79 Å². The van der Waals surface area contributed by atoms with E-state index in [4.69, 9.17) is 11.6 Å². The van der Waals surface area contributed by atoms with E-state index in [2.05, 4.69) is 44.7 Å². The smallest absolute Gasteiger partial charge is 0.238 e. The second-order valence-electron chi connectivity index (χ2n) is 7.31. The molecule has 2 aromatic rings. The number of hydrogen-bond acceptors (Lipinski definition) is 4. The number of rotatable bonds is 7. The van der Waals surface area contributed by atoms with E-state index in [1.54, 1.807) is 12.1 Å². The van der Waals surface area contributed by atoms with E-state index in [1.165, 1.54) is 0 Å². The molecule has 7 heteroatoms. The van der Waals surface area contributed by atoms with Crippen LogP contribution in [-0.4, -0.2) is 64.5 Å². The lowest BCUT2D eigenvalue weighted by atomic mass is 10.2. The number of imidazole rings is 1. The van der Waals surface area contributed by atoms with Crippen molar-refractivity contribution in [1.82, 2.24) is 19.4 Å². The molecule has 0 aliphatic carbocycles. The van der Waals surface area contributed by atoms with E-state index < -0.39 is 0 Å². The standard InChI is InChI=1S/C20H28ClN5O/c1-16(2)20-22-7-8-26(20)14-13-24-9-11-25(12-10-24)15-19(27)23-18-5-3-17(21)4-6-18/h3-8,16H,9-15H2,1-2H3,(H,23,27). The molecule has 1 aromatic heterocycles. The SMILES string of the molecule is CC(C)c1nccn1CCN1CCN(CC(=O)Nc2ccc(Cl)cc2)CC1. The van der Waals surface area contributed by atoms with Gasteiger partial charge in [0.2, 0.25) is 5.91 Å². The molecule has 1 fully saturated rings. The molecule has 27 heavy (non-hydrogen) atoms. The Bertz CT molecular complexity index is 735. The van der Waals surface area contributed by atoms with Gasteiger partial charge in [-0.2, -0.15) is 0 Å². The predicted octanol–water partition coefficient (Wildman–Crippen LogP) is 2.92. The van der Waals surface area contributed by atoms with Crippen LogP contribution in [0.1, 0.15) is 25.6 Å². The molecule has 0 bridgehead atoms. The second-order valence-corrected chi connectivity index (χ2v) is 7.74. The lowest BCUT2D eigenvalue weighted by molar-refractivity contribution is -0.117. The quantitative estimate of drug-likeness (QED) is 0.791. The first kappa shape index (κ1) is 19.9. The predicted molar refractivity (Wildman–Crippen MR) is 109 cm³/mol. The summed E-state index contributed by atoms with van der Waals surface area (Å²) < 4.78 is 2.25. The van der Waals surface area contributed by atoms with Crippen LogP contribution in [0.3, 0.4) is 0 Å². The Morgan fingerprint density at radius 3 is 2.44 bits per heavy atom. The summed E-state index contributed by atoms with van der Waals surface area (Å²) in [6, 6.07) is 7.20. The van der Waals surface area contributed by atoms with Crippen LogP contribution in [0.25, 0.3) is 0 Å². The molecular weight excluding hydrogens is 362 g/mol. The van der Waals surface area contributed by atoms with Crippen molar-refractivity contribution < 1.29 is 4.79 Å².